The van der Waals surface area contributed by atoms with Gasteiger partial charge in [0.2, 0.25) is 0 Å². The van der Waals surface area contributed by atoms with Crippen LogP contribution in [0.3, 0.4) is 0 Å². The van der Waals surface area contributed by atoms with Crippen LogP contribution >= 0.6 is 12.1 Å². The lowest BCUT2D eigenvalue weighted by Gasteiger charge is -2.30. The molecule has 1 aliphatic carbocycles. The van der Waals surface area contributed by atoms with Crippen molar-refractivity contribution < 1.29 is 4.74 Å². The molecule has 110 valence electrons. The van der Waals surface area contributed by atoms with E-state index in [1.165, 1.54) is 17.7 Å². The van der Waals surface area contributed by atoms with E-state index in [4.69, 9.17) is 4.74 Å². The normalized spacial score (nSPS) is 31.0. The van der Waals surface area contributed by atoms with Gasteiger partial charge in [0.15, 0.2) is 0 Å². The molecule has 1 aromatic carbocycles. The highest BCUT2D eigenvalue weighted by molar-refractivity contribution is 7.98. The number of para-hydroxylation sites is 1. The fourth-order valence-corrected chi connectivity index (χ4v) is 4.86. The zero-order chi connectivity index (χ0) is 14.4. The van der Waals surface area contributed by atoms with E-state index in [9.17, 15) is 0 Å². The number of rotatable bonds is 2. The molecule has 3 unspecified atom stereocenters. The molecule has 0 aromatic heterocycles. The third-order valence-electron chi connectivity index (χ3n) is 4.59. The Labute approximate surface area is 130 Å². The second-order valence-corrected chi connectivity index (χ2v) is 7.00. The number of ether oxygens (including phenoxy) is 1. The van der Waals surface area contributed by atoms with Gasteiger partial charge in [-0.15, -0.1) is 0 Å². The number of hydrogen-bond donors (Lipinski definition) is 0. The third-order valence-corrected chi connectivity index (χ3v) is 5.86. The van der Waals surface area contributed by atoms with Gasteiger partial charge >= 0.3 is 0 Å². The van der Waals surface area contributed by atoms with Gasteiger partial charge in [-0.3, -0.25) is 4.31 Å². The second kappa shape index (κ2) is 5.11. The van der Waals surface area contributed by atoms with Crippen molar-refractivity contribution in [2.24, 2.45) is 5.92 Å². The molecule has 0 N–H and O–H groups in total. The number of nitrogens with zero attached hydrogens (tertiary/aromatic N) is 2. The van der Waals surface area contributed by atoms with Gasteiger partial charge < -0.3 is 4.74 Å². The molecular formula is C17H20N2OS. The Kier molecular flexibility index (Phi) is 3.23. The average molecular weight is 300 g/mol. The first-order valence-electron chi connectivity index (χ1n) is 7.52. The first-order valence-corrected chi connectivity index (χ1v) is 8.25. The van der Waals surface area contributed by atoms with Gasteiger partial charge in [0, 0.05) is 24.7 Å². The molecular weight excluding hydrogens is 280 g/mol. The lowest BCUT2D eigenvalue weighted by atomic mass is 9.96. The topological polar surface area (TPSA) is 15.7 Å². The van der Waals surface area contributed by atoms with Crippen molar-refractivity contribution in [2.75, 3.05) is 18.0 Å². The standard InChI is InChI=1S/C17H20N2OS/c1-12-9-15(20-2)7-8-16(12)18-11-14-10-13-5-3-4-6-17(13)19(14)21-18/h3-9,12,14,16H,10-11H2,1-2H3. The summed E-state index contributed by atoms with van der Waals surface area (Å²) in [7, 11) is 1.74. The second-order valence-electron chi connectivity index (χ2n) is 5.98. The van der Waals surface area contributed by atoms with Crippen molar-refractivity contribution in [2.45, 2.75) is 25.4 Å². The molecule has 0 radical (unpaired) electrons. The molecule has 1 aromatic rings. The molecule has 0 spiro atoms. The molecule has 21 heavy (non-hydrogen) atoms. The summed E-state index contributed by atoms with van der Waals surface area (Å²) in [5.74, 6) is 1.46. The number of anilines is 1. The van der Waals surface area contributed by atoms with E-state index < -0.39 is 0 Å². The fourth-order valence-electron chi connectivity index (χ4n) is 3.49. The van der Waals surface area contributed by atoms with Crippen LogP contribution in [0.15, 0.2) is 48.3 Å². The van der Waals surface area contributed by atoms with Crippen molar-refractivity contribution in [3.05, 3.63) is 53.8 Å². The molecule has 1 fully saturated rings. The number of fused-ring (bicyclic) bond motifs is 3. The van der Waals surface area contributed by atoms with E-state index in [-0.39, 0.29) is 0 Å². The highest BCUT2D eigenvalue weighted by Gasteiger charge is 2.41. The van der Waals surface area contributed by atoms with Crippen molar-refractivity contribution in [1.82, 2.24) is 4.31 Å². The van der Waals surface area contributed by atoms with E-state index in [0.717, 1.165) is 12.3 Å². The quantitative estimate of drug-likeness (QED) is 0.778. The van der Waals surface area contributed by atoms with Gasteiger partial charge in [0.25, 0.3) is 0 Å². The van der Waals surface area contributed by atoms with Crippen LogP contribution in [0.1, 0.15) is 12.5 Å². The van der Waals surface area contributed by atoms with Crippen molar-refractivity contribution >= 4 is 17.8 Å². The first-order chi connectivity index (χ1) is 10.3. The summed E-state index contributed by atoms with van der Waals surface area (Å²) in [4.78, 5) is 0. The molecule has 3 aliphatic rings. The summed E-state index contributed by atoms with van der Waals surface area (Å²) < 4.78 is 10.3. The molecule has 1 saturated heterocycles. The SMILES string of the molecule is COC1=CC(C)C(N2CC3Cc4ccccc4N3S2)C=C1. The molecule has 0 amide bonds. The number of allylic oxidation sites excluding steroid dienone is 1. The minimum Gasteiger partial charge on any atom is -0.497 e. The molecule has 4 rings (SSSR count). The lowest BCUT2D eigenvalue weighted by Crippen LogP contribution is -2.34. The molecule has 3 nitrogen and oxygen atoms in total. The van der Waals surface area contributed by atoms with Gasteiger partial charge in [-0.25, -0.2) is 4.31 Å². The van der Waals surface area contributed by atoms with Gasteiger partial charge in [0.05, 0.1) is 18.8 Å². The van der Waals surface area contributed by atoms with Crippen LogP contribution in [0.5, 0.6) is 0 Å². The molecule has 2 heterocycles. The smallest absolute Gasteiger partial charge is 0.114 e. The fraction of sp³-hybridized carbons (Fsp3) is 0.412. The number of methoxy groups -OCH3 is 1. The Hall–Kier alpha value is -1.39. The van der Waals surface area contributed by atoms with Crippen LogP contribution in [0.4, 0.5) is 5.69 Å². The Morgan fingerprint density at radius 1 is 1.29 bits per heavy atom. The van der Waals surface area contributed by atoms with E-state index in [1.54, 1.807) is 7.11 Å². The predicted octanol–water partition coefficient (Wildman–Crippen LogP) is 3.40. The Morgan fingerprint density at radius 3 is 2.95 bits per heavy atom. The van der Waals surface area contributed by atoms with Gasteiger partial charge in [-0.2, -0.15) is 0 Å². The maximum Gasteiger partial charge on any atom is 0.114 e. The van der Waals surface area contributed by atoms with Crippen molar-refractivity contribution in [3.63, 3.8) is 0 Å². The van der Waals surface area contributed by atoms with Crippen LogP contribution in [-0.2, 0) is 11.2 Å². The molecule has 3 atom stereocenters. The molecule has 0 saturated carbocycles. The van der Waals surface area contributed by atoms with E-state index in [0.29, 0.717) is 18.0 Å². The summed E-state index contributed by atoms with van der Waals surface area (Å²) in [5, 5.41) is 0. The van der Waals surface area contributed by atoms with Crippen LogP contribution in [-0.4, -0.2) is 30.0 Å². The number of hydrogen-bond acceptors (Lipinski definition) is 4. The summed E-state index contributed by atoms with van der Waals surface area (Å²) in [5.41, 5.74) is 2.89. The zero-order valence-corrected chi connectivity index (χ0v) is 13.2. The molecule has 4 heteroatoms. The highest BCUT2D eigenvalue weighted by Crippen LogP contribution is 2.45. The van der Waals surface area contributed by atoms with Gasteiger partial charge in [-0.1, -0.05) is 31.2 Å². The monoisotopic (exact) mass is 300 g/mol. The average Bonchev–Trinajstić information content (AvgIpc) is 3.04. The van der Waals surface area contributed by atoms with Crippen molar-refractivity contribution in [3.8, 4) is 0 Å². The van der Waals surface area contributed by atoms with Crippen LogP contribution in [0.2, 0.25) is 0 Å². The summed E-state index contributed by atoms with van der Waals surface area (Å²) >= 11 is 1.89. The van der Waals surface area contributed by atoms with Gasteiger partial charge in [-0.05, 0) is 36.1 Å². The zero-order valence-electron chi connectivity index (χ0n) is 12.4. The maximum absolute atomic E-state index is 5.33. The van der Waals surface area contributed by atoms with Crippen LogP contribution < -0.4 is 4.31 Å². The Balaban J connectivity index is 1.52. The largest absolute Gasteiger partial charge is 0.497 e. The highest BCUT2D eigenvalue weighted by atomic mass is 32.2. The Bertz CT molecular complexity index is 613. The van der Waals surface area contributed by atoms with E-state index >= 15 is 0 Å². The Morgan fingerprint density at radius 2 is 2.14 bits per heavy atom. The minimum atomic E-state index is 0.451. The first kappa shape index (κ1) is 13.3. The lowest BCUT2D eigenvalue weighted by molar-refractivity contribution is 0.285. The van der Waals surface area contributed by atoms with E-state index in [2.05, 4.69) is 58.0 Å². The summed E-state index contributed by atoms with van der Waals surface area (Å²) in [6.45, 7) is 3.39. The van der Waals surface area contributed by atoms with E-state index in [1.807, 2.05) is 12.1 Å². The summed E-state index contributed by atoms with van der Waals surface area (Å²) in [6, 6.07) is 9.85. The minimum absolute atomic E-state index is 0.451. The van der Waals surface area contributed by atoms with Crippen LogP contribution in [0, 0.1) is 5.92 Å². The number of benzene rings is 1. The van der Waals surface area contributed by atoms with Crippen molar-refractivity contribution in [1.29, 1.82) is 0 Å². The predicted molar refractivity (Wildman–Crippen MR) is 87.9 cm³/mol. The van der Waals surface area contributed by atoms with Crippen LogP contribution in [0.25, 0.3) is 0 Å². The summed E-state index contributed by atoms with van der Waals surface area (Å²) in [6.07, 6.45) is 7.78. The van der Waals surface area contributed by atoms with Gasteiger partial charge in [0.1, 0.15) is 5.76 Å². The maximum atomic E-state index is 5.33. The molecule has 0 bridgehead atoms. The third kappa shape index (κ3) is 2.17. The molecule has 2 aliphatic heterocycles.